The zero-order valence-corrected chi connectivity index (χ0v) is 45.6. The van der Waals surface area contributed by atoms with Gasteiger partial charge in [-0.25, -0.2) is 43.6 Å². The van der Waals surface area contributed by atoms with Crippen molar-refractivity contribution >= 4 is 54.3 Å². The van der Waals surface area contributed by atoms with Crippen LogP contribution in [0.2, 0.25) is 0 Å². The normalized spacial score (nSPS) is 12.7. The SMILES string of the molecule is CC(C)(C)OC(=O)/N=C(/NCCCCCCCN(C(=O)OC(C)(C)C)/C(=N\C(=O)OC(C)(C)C)N(CCCCOc1ccc(C(=N)NC(=O)OC(C)(C)C)cn1)C(=O)OC(C)(C)C)NC(=O)OC(C)(C)C. The van der Waals surface area contributed by atoms with Gasteiger partial charge in [-0.3, -0.25) is 16.0 Å². The third kappa shape index (κ3) is 30.9. The molecule has 0 aliphatic rings. The predicted molar refractivity (Wildman–Crippen MR) is 269 cm³/mol. The maximum Gasteiger partial charge on any atom is 0.437 e. The van der Waals surface area contributed by atoms with Gasteiger partial charge in [0.15, 0.2) is 0 Å². The van der Waals surface area contributed by atoms with E-state index in [1.165, 1.54) is 6.20 Å². The topological polar surface area (TPSA) is 271 Å². The van der Waals surface area contributed by atoms with Crippen molar-refractivity contribution in [3.8, 4) is 5.88 Å². The Kier molecular flexibility index (Phi) is 24.2. The summed E-state index contributed by atoms with van der Waals surface area (Å²) in [7, 11) is 0. The fourth-order valence-corrected chi connectivity index (χ4v) is 5.47. The van der Waals surface area contributed by atoms with Gasteiger partial charge in [0.05, 0.1) is 6.61 Å². The quantitative estimate of drug-likeness (QED) is 0.0551. The Labute approximate surface area is 420 Å². The molecule has 0 spiro atoms. The first-order valence-electron chi connectivity index (χ1n) is 23.9. The molecular weight excluding hydrogens is 923 g/mol. The number of nitrogens with one attached hydrogen (secondary N) is 4. The van der Waals surface area contributed by atoms with Crippen molar-refractivity contribution in [1.29, 1.82) is 5.41 Å². The molecule has 0 radical (unpaired) electrons. The zero-order chi connectivity index (χ0) is 54.6. The van der Waals surface area contributed by atoms with Crippen molar-refractivity contribution in [3.63, 3.8) is 0 Å². The molecule has 1 aromatic rings. The number of ether oxygens (including phenoxy) is 7. The lowest BCUT2D eigenvalue weighted by Crippen LogP contribution is -2.53. The molecule has 0 saturated heterocycles. The number of aromatic nitrogens is 1. The number of aliphatic imine (C=N–C) groups is 2. The van der Waals surface area contributed by atoms with Gasteiger partial charge in [0, 0.05) is 37.5 Å². The van der Waals surface area contributed by atoms with Crippen LogP contribution in [0.1, 0.15) is 175 Å². The highest BCUT2D eigenvalue weighted by molar-refractivity contribution is 6.05. The van der Waals surface area contributed by atoms with Crippen LogP contribution in [0, 0.1) is 5.41 Å². The Bertz CT molecular complexity index is 2000. The van der Waals surface area contributed by atoms with E-state index in [0.717, 1.165) is 9.80 Å². The Morgan fingerprint density at radius 1 is 0.535 bits per heavy atom. The minimum Gasteiger partial charge on any atom is -0.478 e. The number of carbonyl (C=O) groups is 6. The standard InChI is InChI=1S/C49H83N9O13/c1-44(2,3)66-38(59)53-35(50)33-26-27-34(52-32-33)65-31-25-24-30-58(43(64)71-49(16,17)18)37(56-41(62)69-47(10,11)12)57(42(63)70-48(13,14)15)29-23-21-19-20-22-28-51-36(54-39(60)67-45(4,5)6)55-40(61)68-46(7,8)9/h26-27,32H,19-25,28-31H2,1-18H3,(H2,50,53,59)(H2,51,54,55,60,61)/b56-37+. The summed E-state index contributed by atoms with van der Waals surface area (Å²) in [6, 6.07) is 3.10. The molecule has 0 bridgehead atoms. The molecule has 22 nitrogen and oxygen atoms in total. The van der Waals surface area contributed by atoms with Crippen LogP contribution in [0.15, 0.2) is 28.3 Å². The Balaban J connectivity index is 3.30. The number of hydrogen-bond acceptors (Lipinski definition) is 15. The van der Waals surface area contributed by atoms with Crippen LogP contribution in [0.3, 0.4) is 0 Å². The number of carbonyl (C=O) groups excluding carboxylic acids is 6. The van der Waals surface area contributed by atoms with E-state index in [1.54, 1.807) is 137 Å². The van der Waals surface area contributed by atoms with E-state index in [9.17, 15) is 28.8 Å². The fraction of sp³-hybridized carbons (Fsp3) is 0.714. The van der Waals surface area contributed by atoms with Gasteiger partial charge in [0.1, 0.15) is 39.4 Å². The molecule has 0 fully saturated rings. The number of nitrogens with zero attached hydrogens (tertiary/aromatic N) is 5. The molecule has 4 N–H and O–H groups in total. The molecule has 71 heavy (non-hydrogen) atoms. The van der Waals surface area contributed by atoms with Crippen LogP contribution in [0.25, 0.3) is 0 Å². The Hall–Kier alpha value is -6.22. The van der Waals surface area contributed by atoms with Crippen LogP contribution in [-0.4, -0.2) is 129 Å². The number of rotatable bonds is 15. The highest BCUT2D eigenvalue weighted by Crippen LogP contribution is 2.20. The van der Waals surface area contributed by atoms with Gasteiger partial charge in [-0.05, 0) is 156 Å². The molecule has 0 aromatic carbocycles. The summed E-state index contributed by atoms with van der Waals surface area (Å²) < 4.78 is 38.8. The van der Waals surface area contributed by atoms with E-state index in [4.69, 9.17) is 38.6 Å². The molecule has 0 saturated carbocycles. The van der Waals surface area contributed by atoms with Crippen LogP contribution in [0.5, 0.6) is 5.88 Å². The lowest BCUT2D eigenvalue weighted by molar-refractivity contribution is 0.0268. The van der Waals surface area contributed by atoms with E-state index in [1.807, 2.05) is 0 Å². The van der Waals surface area contributed by atoms with E-state index in [-0.39, 0.29) is 49.8 Å². The summed E-state index contributed by atoms with van der Waals surface area (Å²) in [5, 5.41) is 16.0. The average molecular weight is 1010 g/mol. The molecule has 22 heteroatoms. The maximum atomic E-state index is 14.1. The second-order valence-electron chi connectivity index (χ2n) is 22.4. The van der Waals surface area contributed by atoms with Crippen molar-refractivity contribution in [2.75, 3.05) is 26.2 Å². The predicted octanol–water partition coefficient (Wildman–Crippen LogP) is 10.2. The molecule has 0 unspecified atom stereocenters. The second-order valence-corrected chi connectivity index (χ2v) is 22.4. The van der Waals surface area contributed by atoms with Crippen LogP contribution in [0.4, 0.5) is 28.8 Å². The molecule has 1 aromatic heterocycles. The van der Waals surface area contributed by atoms with E-state index in [2.05, 4.69) is 30.9 Å². The molecule has 0 aliphatic heterocycles. The van der Waals surface area contributed by atoms with E-state index < -0.39 is 70.2 Å². The average Bonchev–Trinajstić information content (AvgIpc) is 3.13. The van der Waals surface area contributed by atoms with Gasteiger partial charge in [0.25, 0.3) is 0 Å². The Morgan fingerprint density at radius 2 is 0.958 bits per heavy atom. The molecule has 1 heterocycles. The molecule has 0 atom stereocenters. The Morgan fingerprint density at radius 3 is 1.41 bits per heavy atom. The number of hydrogen-bond donors (Lipinski definition) is 4. The summed E-state index contributed by atoms with van der Waals surface area (Å²) in [6.45, 7) is 30.8. The lowest BCUT2D eigenvalue weighted by atomic mass is 10.1. The summed E-state index contributed by atoms with van der Waals surface area (Å²) >= 11 is 0. The summed E-state index contributed by atoms with van der Waals surface area (Å²) in [5.74, 6) is -0.432. The van der Waals surface area contributed by atoms with Crippen molar-refractivity contribution in [1.82, 2.24) is 30.7 Å². The second kappa shape index (κ2) is 27.4. The van der Waals surface area contributed by atoms with E-state index in [0.29, 0.717) is 50.6 Å². The molecular formula is C49H83N9O13. The summed E-state index contributed by atoms with van der Waals surface area (Å²) in [4.78, 5) is 93.3. The molecule has 402 valence electrons. The number of unbranched alkanes of at least 4 members (excludes halogenated alkanes) is 5. The monoisotopic (exact) mass is 1010 g/mol. The minimum absolute atomic E-state index is 0.0177. The maximum absolute atomic E-state index is 14.1. The first kappa shape index (κ1) is 62.8. The van der Waals surface area contributed by atoms with Crippen molar-refractivity contribution in [3.05, 3.63) is 23.9 Å². The molecule has 1 rings (SSSR count). The zero-order valence-electron chi connectivity index (χ0n) is 45.6. The number of amides is 6. The highest BCUT2D eigenvalue weighted by atomic mass is 16.6. The molecule has 0 aliphatic carbocycles. The lowest BCUT2D eigenvalue weighted by Gasteiger charge is -2.34. The van der Waals surface area contributed by atoms with Gasteiger partial charge >= 0.3 is 36.6 Å². The number of pyridine rings is 1. The van der Waals surface area contributed by atoms with Crippen LogP contribution < -0.4 is 20.7 Å². The molecule has 6 amide bonds. The van der Waals surface area contributed by atoms with Gasteiger partial charge in [-0.2, -0.15) is 0 Å². The smallest absolute Gasteiger partial charge is 0.437 e. The third-order valence-electron chi connectivity index (χ3n) is 8.04. The van der Waals surface area contributed by atoms with Crippen molar-refractivity contribution in [2.45, 2.75) is 203 Å². The number of amidine groups is 1. The summed E-state index contributed by atoms with van der Waals surface area (Å²) in [5.41, 5.74) is -4.94. The third-order valence-corrected chi connectivity index (χ3v) is 8.04. The van der Waals surface area contributed by atoms with Crippen molar-refractivity contribution < 1.29 is 61.9 Å². The largest absolute Gasteiger partial charge is 0.478 e. The van der Waals surface area contributed by atoms with Crippen molar-refractivity contribution in [2.24, 2.45) is 9.98 Å². The number of alkyl carbamates (subject to hydrolysis) is 2. The van der Waals surface area contributed by atoms with Gasteiger partial charge in [-0.15, -0.1) is 9.98 Å². The number of guanidine groups is 2. The first-order valence-corrected chi connectivity index (χ1v) is 23.9. The van der Waals surface area contributed by atoms with Gasteiger partial charge < -0.3 is 38.5 Å². The minimum atomic E-state index is -1.05. The van der Waals surface area contributed by atoms with Crippen LogP contribution >= 0.6 is 0 Å². The van der Waals surface area contributed by atoms with Gasteiger partial charge in [0.2, 0.25) is 17.8 Å². The van der Waals surface area contributed by atoms with Crippen LogP contribution in [-0.2, 0) is 28.4 Å². The van der Waals surface area contributed by atoms with Gasteiger partial charge in [-0.1, -0.05) is 19.3 Å². The fourth-order valence-electron chi connectivity index (χ4n) is 5.47. The van der Waals surface area contributed by atoms with E-state index >= 15 is 0 Å². The first-order chi connectivity index (χ1) is 32.3. The summed E-state index contributed by atoms with van der Waals surface area (Å²) in [6.07, 6.45) is -0.294. The highest BCUT2D eigenvalue weighted by Gasteiger charge is 2.35.